The van der Waals surface area contributed by atoms with Crippen LogP contribution in [0.25, 0.3) is 10.1 Å². The highest BCUT2D eigenvalue weighted by Crippen LogP contribution is 2.28. The molecule has 0 radical (unpaired) electrons. The molecule has 3 aromatic rings. The van der Waals surface area contributed by atoms with Crippen LogP contribution in [0.4, 0.5) is 0 Å². The minimum atomic E-state index is 0.615. The van der Waals surface area contributed by atoms with Crippen LogP contribution in [0.2, 0.25) is 0 Å². The minimum absolute atomic E-state index is 0.615. The first-order valence-electron chi connectivity index (χ1n) is 7.10. The van der Waals surface area contributed by atoms with E-state index in [9.17, 15) is 0 Å². The summed E-state index contributed by atoms with van der Waals surface area (Å²) in [7, 11) is 1.96. The third kappa shape index (κ3) is 3.09. The number of aryl methyl sites for hydroxylation is 1. The zero-order chi connectivity index (χ0) is 14.7. The number of thiophene rings is 1. The fraction of sp³-hybridized carbons (Fsp3) is 0.222. The number of nitrogens with one attached hydrogen (secondary N) is 1. The lowest BCUT2D eigenvalue weighted by atomic mass is 10.1. The van der Waals surface area contributed by atoms with Gasteiger partial charge in [-0.25, -0.2) is 0 Å². The Bertz CT molecular complexity index is 748. The van der Waals surface area contributed by atoms with E-state index in [0.29, 0.717) is 6.61 Å². The molecule has 3 heteroatoms. The summed E-state index contributed by atoms with van der Waals surface area (Å²) >= 11 is 1.77. The second-order valence-corrected chi connectivity index (χ2v) is 6.10. The van der Waals surface area contributed by atoms with Gasteiger partial charge in [-0.05, 0) is 36.9 Å². The normalized spacial score (nSPS) is 11.0. The largest absolute Gasteiger partial charge is 0.489 e. The van der Waals surface area contributed by atoms with Crippen molar-refractivity contribution < 1.29 is 4.74 Å². The fourth-order valence-electron chi connectivity index (χ4n) is 2.48. The highest BCUT2D eigenvalue weighted by atomic mass is 32.1. The van der Waals surface area contributed by atoms with Crippen LogP contribution in [0.3, 0.4) is 0 Å². The van der Waals surface area contributed by atoms with Crippen LogP contribution in [-0.4, -0.2) is 7.05 Å². The predicted octanol–water partition coefficient (Wildman–Crippen LogP) is 4.51. The first kappa shape index (κ1) is 14.1. The molecule has 1 heterocycles. The maximum Gasteiger partial charge on any atom is 0.124 e. The van der Waals surface area contributed by atoms with Crippen LogP contribution in [0, 0.1) is 6.92 Å². The van der Waals surface area contributed by atoms with Crippen LogP contribution in [-0.2, 0) is 13.2 Å². The summed E-state index contributed by atoms with van der Waals surface area (Å²) < 4.78 is 7.38. The van der Waals surface area contributed by atoms with Crippen LogP contribution in [0.15, 0.2) is 47.8 Å². The van der Waals surface area contributed by atoms with E-state index in [4.69, 9.17) is 4.74 Å². The molecule has 0 atom stereocenters. The molecule has 0 unspecified atom stereocenters. The lowest BCUT2D eigenvalue weighted by Crippen LogP contribution is -2.07. The molecule has 2 aromatic carbocycles. The summed E-state index contributed by atoms with van der Waals surface area (Å²) in [6.45, 7) is 3.54. The quantitative estimate of drug-likeness (QED) is 0.748. The van der Waals surface area contributed by atoms with Crippen molar-refractivity contribution in [3.63, 3.8) is 0 Å². The Morgan fingerprint density at radius 2 is 1.95 bits per heavy atom. The molecular formula is C18H19NOS. The summed E-state index contributed by atoms with van der Waals surface area (Å²) in [6, 6.07) is 14.8. The molecule has 3 rings (SSSR count). The molecule has 0 spiro atoms. The average molecular weight is 297 g/mol. The van der Waals surface area contributed by atoms with Gasteiger partial charge in [-0.3, -0.25) is 0 Å². The summed E-state index contributed by atoms with van der Waals surface area (Å²) in [5.41, 5.74) is 3.72. The standard InChI is InChI=1S/C18H19NOS/c1-13-7-8-17(14(9-13)10-19-2)20-11-15-12-21-18-6-4-3-5-16(15)18/h3-9,12,19H,10-11H2,1-2H3. The van der Waals surface area contributed by atoms with E-state index in [1.807, 2.05) is 7.05 Å². The van der Waals surface area contributed by atoms with Gasteiger partial charge in [0.2, 0.25) is 0 Å². The number of benzene rings is 2. The maximum absolute atomic E-state index is 6.06. The topological polar surface area (TPSA) is 21.3 Å². The van der Waals surface area contributed by atoms with Gasteiger partial charge in [-0.2, -0.15) is 0 Å². The van der Waals surface area contributed by atoms with Gasteiger partial charge in [0.15, 0.2) is 0 Å². The number of rotatable bonds is 5. The number of fused-ring (bicyclic) bond motifs is 1. The molecule has 0 bridgehead atoms. The average Bonchev–Trinajstić information content (AvgIpc) is 2.90. The number of ether oxygens (including phenoxy) is 1. The van der Waals surface area contributed by atoms with Gasteiger partial charge in [0.25, 0.3) is 0 Å². The smallest absolute Gasteiger partial charge is 0.124 e. The van der Waals surface area contributed by atoms with Crippen molar-refractivity contribution in [3.8, 4) is 5.75 Å². The van der Waals surface area contributed by atoms with Gasteiger partial charge in [-0.1, -0.05) is 35.9 Å². The predicted molar refractivity (Wildman–Crippen MR) is 90.1 cm³/mol. The first-order valence-corrected chi connectivity index (χ1v) is 7.98. The lowest BCUT2D eigenvalue weighted by Gasteiger charge is -2.12. The molecule has 21 heavy (non-hydrogen) atoms. The summed E-state index contributed by atoms with van der Waals surface area (Å²) in [5, 5.41) is 6.68. The van der Waals surface area contributed by atoms with Crippen molar-refractivity contribution in [3.05, 3.63) is 64.5 Å². The SMILES string of the molecule is CNCc1cc(C)ccc1OCc1csc2ccccc12. The molecular weight excluding hydrogens is 278 g/mol. The summed E-state index contributed by atoms with van der Waals surface area (Å²) in [6.07, 6.45) is 0. The third-order valence-electron chi connectivity index (χ3n) is 3.53. The van der Waals surface area contributed by atoms with Crippen LogP contribution in [0.5, 0.6) is 5.75 Å². The van der Waals surface area contributed by atoms with E-state index < -0.39 is 0 Å². The van der Waals surface area contributed by atoms with Gasteiger partial charge in [0.05, 0.1) is 0 Å². The number of hydrogen-bond donors (Lipinski definition) is 1. The highest BCUT2D eigenvalue weighted by molar-refractivity contribution is 7.17. The zero-order valence-corrected chi connectivity index (χ0v) is 13.2. The van der Waals surface area contributed by atoms with E-state index in [1.165, 1.54) is 26.8 Å². The molecule has 0 saturated carbocycles. The molecule has 0 amide bonds. The number of hydrogen-bond acceptors (Lipinski definition) is 3. The Morgan fingerprint density at radius 3 is 2.81 bits per heavy atom. The fourth-order valence-corrected chi connectivity index (χ4v) is 3.43. The third-order valence-corrected chi connectivity index (χ3v) is 4.54. The van der Waals surface area contributed by atoms with E-state index in [-0.39, 0.29) is 0 Å². The minimum Gasteiger partial charge on any atom is -0.489 e. The highest BCUT2D eigenvalue weighted by Gasteiger charge is 2.07. The molecule has 0 aliphatic rings. The van der Waals surface area contributed by atoms with Gasteiger partial charge in [-0.15, -0.1) is 11.3 Å². The van der Waals surface area contributed by atoms with Gasteiger partial charge < -0.3 is 10.1 Å². The second kappa shape index (κ2) is 6.29. The van der Waals surface area contributed by atoms with Gasteiger partial charge >= 0.3 is 0 Å². The van der Waals surface area contributed by atoms with Crippen molar-refractivity contribution in [2.24, 2.45) is 0 Å². The molecule has 1 aromatic heterocycles. The van der Waals surface area contributed by atoms with Gasteiger partial charge in [0, 0.05) is 22.4 Å². The Labute approximate surface area is 129 Å². The zero-order valence-electron chi connectivity index (χ0n) is 12.3. The van der Waals surface area contributed by atoms with Crippen molar-refractivity contribution in [1.29, 1.82) is 0 Å². The van der Waals surface area contributed by atoms with Crippen molar-refractivity contribution >= 4 is 21.4 Å². The monoisotopic (exact) mass is 297 g/mol. The van der Waals surface area contributed by atoms with Crippen LogP contribution < -0.4 is 10.1 Å². The molecule has 0 aliphatic carbocycles. The Hall–Kier alpha value is -1.84. The first-order chi connectivity index (χ1) is 10.3. The molecule has 0 saturated heterocycles. The summed E-state index contributed by atoms with van der Waals surface area (Å²) in [5.74, 6) is 0.963. The molecule has 0 fully saturated rings. The summed E-state index contributed by atoms with van der Waals surface area (Å²) in [4.78, 5) is 0. The molecule has 1 N–H and O–H groups in total. The van der Waals surface area contributed by atoms with Crippen molar-refractivity contribution in [1.82, 2.24) is 5.32 Å². The lowest BCUT2D eigenvalue weighted by molar-refractivity contribution is 0.304. The van der Waals surface area contributed by atoms with E-state index in [0.717, 1.165) is 12.3 Å². The Balaban J connectivity index is 1.81. The Kier molecular flexibility index (Phi) is 4.23. The van der Waals surface area contributed by atoms with Crippen LogP contribution >= 0.6 is 11.3 Å². The van der Waals surface area contributed by atoms with Crippen molar-refractivity contribution in [2.75, 3.05) is 7.05 Å². The van der Waals surface area contributed by atoms with E-state index >= 15 is 0 Å². The van der Waals surface area contributed by atoms with Crippen LogP contribution in [0.1, 0.15) is 16.7 Å². The van der Waals surface area contributed by atoms with Crippen molar-refractivity contribution in [2.45, 2.75) is 20.1 Å². The maximum atomic E-state index is 6.06. The molecule has 0 aliphatic heterocycles. The van der Waals surface area contributed by atoms with E-state index in [1.54, 1.807) is 11.3 Å². The molecule has 108 valence electrons. The second-order valence-electron chi connectivity index (χ2n) is 5.19. The van der Waals surface area contributed by atoms with E-state index in [2.05, 4.69) is 60.1 Å². The Morgan fingerprint density at radius 1 is 1.10 bits per heavy atom. The van der Waals surface area contributed by atoms with Gasteiger partial charge in [0.1, 0.15) is 12.4 Å². The molecule has 2 nitrogen and oxygen atoms in total.